The lowest BCUT2D eigenvalue weighted by Crippen LogP contribution is -2.31. The van der Waals surface area contributed by atoms with Gasteiger partial charge in [0, 0.05) is 19.6 Å². The van der Waals surface area contributed by atoms with Crippen molar-refractivity contribution in [2.24, 2.45) is 0 Å². The summed E-state index contributed by atoms with van der Waals surface area (Å²) in [7, 11) is 0. The van der Waals surface area contributed by atoms with E-state index in [1.54, 1.807) is 0 Å². The molecule has 0 aliphatic carbocycles. The predicted octanol–water partition coefficient (Wildman–Crippen LogP) is 0.909. The minimum atomic E-state index is -1.05. The van der Waals surface area contributed by atoms with Gasteiger partial charge in [-0.15, -0.1) is 0 Å². The van der Waals surface area contributed by atoms with Gasteiger partial charge in [0.1, 0.15) is 17.1 Å². The third-order valence-corrected chi connectivity index (χ3v) is 3.80. The van der Waals surface area contributed by atoms with Gasteiger partial charge >= 0.3 is 0 Å². The Hall–Kier alpha value is -2.30. The average molecular weight is 287 g/mol. The van der Waals surface area contributed by atoms with Crippen LogP contribution in [0.3, 0.4) is 0 Å². The number of β-amino-alcohol motifs (C(OH)–C–C–N with tert-alkyl or cyclic N) is 1. The molecule has 0 radical (unpaired) electrons. The third kappa shape index (κ3) is 2.63. The van der Waals surface area contributed by atoms with Crippen LogP contribution in [-0.4, -0.2) is 38.5 Å². The highest BCUT2D eigenvalue weighted by Crippen LogP contribution is 2.31. The Morgan fingerprint density at radius 2 is 2.38 bits per heavy atom. The lowest BCUT2D eigenvalue weighted by Gasteiger charge is -2.21. The Bertz CT molecular complexity index is 681. The molecular formula is C14H14FN5O. The first kappa shape index (κ1) is 13.7. The standard InChI is InChI=1S/C14H14FN5O/c15-12-2-1-10(6-16)11(5-12)8-20-4-3-14(21,9-20)13-7-17-19-18-13/h1-2,5,7,21H,3-4,8-9H2,(H,17,18,19)/t14-/m1/s1. The normalized spacial score (nSPS) is 22.3. The molecule has 0 bridgehead atoms. The number of likely N-dealkylation sites (tertiary alicyclic amines) is 1. The number of nitriles is 1. The number of nitrogens with zero attached hydrogens (tertiary/aromatic N) is 4. The molecule has 6 nitrogen and oxygen atoms in total. The maximum absolute atomic E-state index is 13.3. The van der Waals surface area contributed by atoms with Crippen LogP contribution >= 0.6 is 0 Å². The van der Waals surface area contributed by atoms with Crippen LogP contribution in [0.15, 0.2) is 24.4 Å². The van der Waals surface area contributed by atoms with Gasteiger partial charge in [-0.1, -0.05) is 0 Å². The smallest absolute Gasteiger partial charge is 0.124 e. The lowest BCUT2D eigenvalue weighted by atomic mass is 10.00. The van der Waals surface area contributed by atoms with E-state index in [-0.39, 0.29) is 5.82 Å². The molecule has 0 amide bonds. The highest BCUT2D eigenvalue weighted by Gasteiger charge is 2.39. The number of hydrogen-bond donors (Lipinski definition) is 2. The molecule has 2 N–H and O–H groups in total. The van der Waals surface area contributed by atoms with E-state index < -0.39 is 5.60 Å². The Labute approximate surface area is 120 Å². The number of halogens is 1. The van der Waals surface area contributed by atoms with Crippen LogP contribution in [0.4, 0.5) is 4.39 Å². The largest absolute Gasteiger partial charge is 0.382 e. The molecule has 7 heteroatoms. The quantitative estimate of drug-likeness (QED) is 0.876. The van der Waals surface area contributed by atoms with Crippen molar-refractivity contribution in [2.45, 2.75) is 18.6 Å². The van der Waals surface area contributed by atoms with E-state index in [0.29, 0.717) is 42.9 Å². The molecule has 108 valence electrons. The van der Waals surface area contributed by atoms with Gasteiger partial charge in [0.2, 0.25) is 0 Å². The first-order valence-corrected chi connectivity index (χ1v) is 6.60. The van der Waals surface area contributed by atoms with E-state index in [1.165, 1.54) is 24.4 Å². The number of rotatable bonds is 3. The summed E-state index contributed by atoms with van der Waals surface area (Å²) in [5, 5.41) is 29.8. The number of H-pyrrole nitrogens is 1. The van der Waals surface area contributed by atoms with Crippen molar-refractivity contribution in [1.82, 2.24) is 20.3 Å². The second-order valence-electron chi connectivity index (χ2n) is 5.26. The number of aromatic nitrogens is 3. The SMILES string of the molecule is N#Cc1ccc(F)cc1CN1CC[C@](O)(c2cn[nH]n2)C1. The van der Waals surface area contributed by atoms with E-state index in [1.807, 2.05) is 4.90 Å². The van der Waals surface area contributed by atoms with E-state index in [0.717, 1.165) is 0 Å². The fourth-order valence-corrected chi connectivity index (χ4v) is 2.68. The number of nitrogens with one attached hydrogen (secondary N) is 1. The summed E-state index contributed by atoms with van der Waals surface area (Å²) >= 11 is 0. The van der Waals surface area contributed by atoms with Crippen LogP contribution in [0, 0.1) is 17.1 Å². The van der Waals surface area contributed by atoms with Gasteiger partial charge in [0.05, 0.1) is 17.8 Å². The number of aliphatic hydroxyl groups is 1. The summed E-state index contributed by atoms with van der Waals surface area (Å²) in [5.41, 5.74) is 0.535. The predicted molar refractivity (Wildman–Crippen MR) is 71.3 cm³/mol. The molecule has 2 heterocycles. The summed E-state index contributed by atoms with van der Waals surface area (Å²) < 4.78 is 13.3. The van der Waals surface area contributed by atoms with Crippen LogP contribution in [0.2, 0.25) is 0 Å². The fourth-order valence-electron chi connectivity index (χ4n) is 2.68. The first-order chi connectivity index (χ1) is 10.1. The molecule has 0 unspecified atom stereocenters. The highest BCUT2D eigenvalue weighted by molar-refractivity contribution is 5.37. The van der Waals surface area contributed by atoms with Crippen LogP contribution in [0.25, 0.3) is 0 Å². The number of hydrogen-bond acceptors (Lipinski definition) is 5. The van der Waals surface area contributed by atoms with Crippen LogP contribution in [0.5, 0.6) is 0 Å². The van der Waals surface area contributed by atoms with Crippen molar-refractivity contribution in [3.05, 3.63) is 47.0 Å². The first-order valence-electron chi connectivity index (χ1n) is 6.60. The van der Waals surface area contributed by atoms with Crippen molar-refractivity contribution >= 4 is 0 Å². The lowest BCUT2D eigenvalue weighted by molar-refractivity contribution is 0.0408. The van der Waals surface area contributed by atoms with Gasteiger partial charge in [-0.2, -0.15) is 20.7 Å². The molecule has 2 aromatic rings. The molecule has 1 aliphatic rings. The molecule has 1 aromatic heterocycles. The van der Waals surface area contributed by atoms with E-state index >= 15 is 0 Å². The summed E-state index contributed by atoms with van der Waals surface area (Å²) in [5.74, 6) is -0.366. The zero-order valence-electron chi connectivity index (χ0n) is 11.3. The Kier molecular flexibility index (Phi) is 3.41. The number of benzene rings is 1. The fraction of sp³-hybridized carbons (Fsp3) is 0.357. The molecule has 1 atom stereocenters. The summed E-state index contributed by atoms with van der Waals surface area (Å²) in [6.45, 7) is 1.44. The average Bonchev–Trinajstić information content (AvgIpc) is 3.10. The zero-order valence-corrected chi connectivity index (χ0v) is 11.3. The minimum Gasteiger partial charge on any atom is -0.382 e. The van der Waals surface area contributed by atoms with Gasteiger partial charge in [-0.3, -0.25) is 4.90 Å². The summed E-state index contributed by atoms with van der Waals surface area (Å²) in [6.07, 6.45) is 2.03. The molecule has 1 saturated heterocycles. The second-order valence-corrected chi connectivity index (χ2v) is 5.26. The van der Waals surface area contributed by atoms with Gasteiger partial charge in [-0.05, 0) is 30.2 Å². The molecule has 1 aliphatic heterocycles. The maximum atomic E-state index is 13.3. The van der Waals surface area contributed by atoms with Crippen molar-refractivity contribution in [1.29, 1.82) is 5.26 Å². The third-order valence-electron chi connectivity index (χ3n) is 3.80. The topological polar surface area (TPSA) is 88.8 Å². The summed E-state index contributed by atoms with van der Waals surface area (Å²) in [6, 6.07) is 6.18. The van der Waals surface area contributed by atoms with Crippen molar-refractivity contribution in [3.63, 3.8) is 0 Å². The van der Waals surface area contributed by atoms with Crippen LogP contribution < -0.4 is 0 Å². The molecule has 1 aromatic carbocycles. The van der Waals surface area contributed by atoms with Gasteiger partial charge in [0.15, 0.2) is 0 Å². The van der Waals surface area contributed by atoms with E-state index in [4.69, 9.17) is 5.26 Å². The Balaban J connectivity index is 1.76. The monoisotopic (exact) mass is 287 g/mol. The molecule has 0 saturated carbocycles. The zero-order chi connectivity index (χ0) is 14.9. The van der Waals surface area contributed by atoms with Gasteiger partial charge in [-0.25, -0.2) is 4.39 Å². The second kappa shape index (κ2) is 5.24. The van der Waals surface area contributed by atoms with E-state index in [2.05, 4.69) is 21.5 Å². The van der Waals surface area contributed by atoms with Gasteiger partial charge in [0.25, 0.3) is 0 Å². The maximum Gasteiger partial charge on any atom is 0.124 e. The Morgan fingerprint density at radius 1 is 1.52 bits per heavy atom. The highest BCUT2D eigenvalue weighted by atomic mass is 19.1. The van der Waals surface area contributed by atoms with Crippen molar-refractivity contribution in [3.8, 4) is 6.07 Å². The molecule has 0 spiro atoms. The number of aromatic amines is 1. The molecular weight excluding hydrogens is 273 g/mol. The van der Waals surface area contributed by atoms with Crippen LogP contribution in [0.1, 0.15) is 23.2 Å². The molecule has 1 fully saturated rings. The minimum absolute atomic E-state index is 0.366. The van der Waals surface area contributed by atoms with Gasteiger partial charge < -0.3 is 5.11 Å². The summed E-state index contributed by atoms with van der Waals surface area (Å²) in [4.78, 5) is 1.98. The van der Waals surface area contributed by atoms with E-state index in [9.17, 15) is 9.50 Å². The molecule has 3 rings (SSSR count). The Morgan fingerprint density at radius 3 is 3.10 bits per heavy atom. The van der Waals surface area contributed by atoms with Crippen molar-refractivity contribution < 1.29 is 9.50 Å². The molecule has 21 heavy (non-hydrogen) atoms. The van der Waals surface area contributed by atoms with Crippen LogP contribution in [-0.2, 0) is 12.1 Å². The van der Waals surface area contributed by atoms with Crippen molar-refractivity contribution in [2.75, 3.05) is 13.1 Å².